The third-order valence-corrected chi connectivity index (χ3v) is 4.69. The third kappa shape index (κ3) is 5.16. The Labute approximate surface area is 110 Å². The van der Waals surface area contributed by atoms with Crippen molar-refractivity contribution >= 4 is 10.0 Å². The topological polar surface area (TPSA) is 49.4 Å². The van der Waals surface area contributed by atoms with Crippen LogP contribution in [0.25, 0.3) is 0 Å². The average molecular weight is 270 g/mol. The van der Waals surface area contributed by atoms with Crippen LogP contribution in [0.1, 0.15) is 18.4 Å². The summed E-state index contributed by atoms with van der Waals surface area (Å²) in [7, 11) is 0.377. The average Bonchev–Trinajstić information content (AvgIpc) is 2.36. The lowest BCUT2D eigenvalue weighted by Crippen LogP contribution is -2.29. The first-order valence-electron chi connectivity index (χ1n) is 6.19. The van der Waals surface area contributed by atoms with Crippen molar-refractivity contribution in [2.24, 2.45) is 0 Å². The number of sulfonamides is 1. The minimum absolute atomic E-state index is 0.220. The van der Waals surface area contributed by atoms with Gasteiger partial charge in [0.2, 0.25) is 10.0 Å². The third-order valence-electron chi connectivity index (χ3n) is 2.80. The molecule has 5 heteroatoms. The van der Waals surface area contributed by atoms with Gasteiger partial charge >= 0.3 is 0 Å². The second-order valence-corrected chi connectivity index (χ2v) is 6.56. The molecule has 1 aromatic carbocycles. The van der Waals surface area contributed by atoms with Crippen LogP contribution >= 0.6 is 0 Å². The molecule has 0 saturated carbocycles. The van der Waals surface area contributed by atoms with Crippen molar-refractivity contribution in [3.05, 3.63) is 35.9 Å². The monoisotopic (exact) mass is 270 g/mol. The van der Waals surface area contributed by atoms with Crippen LogP contribution in [0.3, 0.4) is 0 Å². The molecular weight excluding hydrogens is 248 g/mol. The van der Waals surface area contributed by atoms with Crippen molar-refractivity contribution in [1.29, 1.82) is 0 Å². The first-order valence-corrected chi connectivity index (χ1v) is 7.79. The molecule has 0 unspecified atom stereocenters. The molecule has 102 valence electrons. The fourth-order valence-corrected chi connectivity index (χ4v) is 2.91. The molecule has 1 aromatic rings. The molecule has 4 nitrogen and oxygen atoms in total. The maximum absolute atomic E-state index is 12.0. The molecule has 0 aliphatic heterocycles. The highest BCUT2D eigenvalue weighted by atomic mass is 32.2. The van der Waals surface area contributed by atoms with E-state index in [0.29, 0.717) is 13.0 Å². The summed E-state index contributed by atoms with van der Waals surface area (Å²) in [6.07, 6.45) is 1.58. The van der Waals surface area contributed by atoms with Gasteiger partial charge in [-0.2, -0.15) is 0 Å². The van der Waals surface area contributed by atoms with E-state index in [4.69, 9.17) is 0 Å². The van der Waals surface area contributed by atoms with Crippen molar-refractivity contribution in [3.63, 3.8) is 0 Å². The van der Waals surface area contributed by atoms with Crippen LogP contribution in [0.15, 0.2) is 30.3 Å². The Morgan fingerprint density at radius 1 is 1.17 bits per heavy atom. The number of hydrogen-bond acceptors (Lipinski definition) is 3. The van der Waals surface area contributed by atoms with Gasteiger partial charge in [-0.3, -0.25) is 0 Å². The number of hydrogen-bond donors (Lipinski definition) is 1. The molecule has 0 atom stereocenters. The van der Waals surface area contributed by atoms with Gasteiger partial charge in [0.1, 0.15) is 0 Å². The van der Waals surface area contributed by atoms with Crippen molar-refractivity contribution in [3.8, 4) is 0 Å². The lowest BCUT2D eigenvalue weighted by atomic mass is 10.2. The summed E-state index contributed by atoms with van der Waals surface area (Å²) in [6.45, 7) is 1.30. The number of benzene rings is 1. The van der Waals surface area contributed by atoms with Crippen molar-refractivity contribution < 1.29 is 8.42 Å². The molecule has 0 heterocycles. The van der Waals surface area contributed by atoms with E-state index in [9.17, 15) is 8.42 Å². The molecule has 0 radical (unpaired) electrons. The smallest absolute Gasteiger partial charge is 0.214 e. The fourth-order valence-electron chi connectivity index (χ4n) is 1.68. The molecule has 0 amide bonds. The summed E-state index contributed by atoms with van der Waals surface area (Å²) >= 11 is 0. The van der Waals surface area contributed by atoms with Crippen LogP contribution in [-0.2, 0) is 16.6 Å². The second kappa shape index (κ2) is 7.51. The zero-order valence-electron chi connectivity index (χ0n) is 11.1. The molecule has 18 heavy (non-hydrogen) atoms. The van der Waals surface area contributed by atoms with Gasteiger partial charge in [-0.05, 0) is 32.0 Å². The number of nitrogens with zero attached hydrogens (tertiary/aromatic N) is 1. The van der Waals surface area contributed by atoms with Crippen molar-refractivity contribution in [2.75, 3.05) is 26.4 Å². The first-order chi connectivity index (χ1) is 8.56. The van der Waals surface area contributed by atoms with Gasteiger partial charge in [-0.1, -0.05) is 30.3 Å². The van der Waals surface area contributed by atoms with Crippen LogP contribution in [0.5, 0.6) is 0 Å². The van der Waals surface area contributed by atoms with Crippen LogP contribution in [0.4, 0.5) is 0 Å². The zero-order chi connectivity index (χ0) is 13.4. The largest absolute Gasteiger partial charge is 0.320 e. The summed E-state index contributed by atoms with van der Waals surface area (Å²) in [4.78, 5) is 0. The predicted octanol–water partition coefficient (Wildman–Crippen LogP) is 1.45. The molecule has 0 aliphatic rings. The van der Waals surface area contributed by atoms with E-state index < -0.39 is 10.0 Å². The molecule has 0 aliphatic carbocycles. The van der Waals surface area contributed by atoms with E-state index in [-0.39, 0.29) is 5.75 Å². The maximum atomic E-state index is 12.0. The lowest BCUT2D eigenvalue weighted by molar-refractivity contribution is 0.464. The van der Waals surface area contributed by atoms with E-state index in [1.165, 1.54) is 4.31 Å². The molecule has 1 rings (SSSR count). The standard InChI is InChI=1S/C13H22N2O2S/c1-14-10-6-7-11-18(16,17)15(2)12-13-8-4-3-5-9-13/h3-5,8-9,14H,6-7,10-12H2,1-2H3. The Balaban J connectivity index is 2.46. The van der Waals surface area contributed by atoms with Gasteiger partial charge in [-0.15, -0.1) is 0 Å². The van der Waals surface area contributed by atoms with Gasteiger partial charge in [0.05, 0.1) is 5.75 Å². The first kappa shape index (κ1) is 15.1. The maximum Gasteiger partial charge on any atom is 0.214 e. The summed E-state index contributed by atoms with van der Waals surface area (Å²) in [5.41, 5.74) is 1.01. The Morgan fingerprint density at radius 2 is 1.83 bits per heavy atom. The summed E-state index contributed by atoms with van der Waals surface area (Å²) in [5, 5.41) is 3.01. The Bertz CT molecular complexity index is 432. The number of nitrogens with one attached hydrogen (secondary N) is 1. The molecule has 0 bridgehead atoms. The van der Waals surface area contributed by atoms with Gasteiger partial charge in [0.15, 0.2) is 0 Å². The van der Waals surface area contributed by atoms with E-state index in [1.807, 2.05) is 37.4 Å². The molecule has 0 aromatic heterocycles. The van der Waals surface area contributed by atoms with Crippen LogP contribution in [0.2, 0.25) is 0 Å². The molecule has 1 N–H and O–H groups in total. The van der Waals surface area contributed by atoms with Gasteiger partial charge in [0, 0.05) is 13.6 Å². The van der Waals surface area contributed by atoms with Gasteiger partial charge in [0.25, 0.3) is 0 Å². The molecule has 0 fully saturated rings. The highest BCUT2D eigenvalue weighted by Crippen LogP contribution is 2.08. The minimum atomic E-state index is -3.13. The second-order valence-electron chi connectivity index (χ2n) is 4.37. The summed E-state index contributed by atoms with van der Waals surface area (Å²) in [6, 6.07) is 9.64. The Hall–Kier alpha value is -0.910. The normalized spacial score (nSPS) is 11.9. The lowest BCUT2D eigenvalue weighted by Gasteiger charge is -2.17. The summed E-state index contributed by atoms with van der Waals surface area (Å²) < 4.78 is 25.4. The number of unbranched alkanes of at least 4 members (excludes halogenated alkanes) is 1. The highest BCUT2D eigenvalue weighted by Gasteiger charge is 2.17. The van der Waals surface area contributed by atoms with E-state index in [1.54, 1.807) is 7.05 Å². The van der Waals surface area contributed by atoms with Crippen LogP contribution in [-0.4, -0.2) is 39.1 Å². The van der Waals surface area contributed by atoms with Crippen LogP contribution < -0.4 is 5.32 Å². The van der Waals surface area contributed by atoms with Gasteiger partial charge < -0.3 is 5.32 Å². The quantitative estimate of drug-likeness (QED) is 0.727. The van der Waals surface area contributed by atoms with Crippen molar-refractivity contribution in [2.45, 2.75) is 19.4 Å². The number of rotatable bonds is 8. The Morgan fingerprint density at radius 3 is 2.44 bits per heavy atom. The fraction of sp³-hybridized carbons (Fsp3) is 0.538. The summed E-state index contributed by atoms with van der Waals surface area (Å²) in [5.74, 6) is 0.220. The van der Waals surface area contributed by atoms with Crippen molar-refractivity contribution in [1.82, 2.24) is 9.62 Å². The minimum Gasteiger partial charge on any atom is -0.320 e. The predicted molar refractivity (Wildman–Crippen MR) is 74.9 cm³/mol. The van der Waals surface area contributed by atoms with E-state index in [2.05, 4.69) is 5.32 Å². The Kier molecular flexibility index (Phi) is 6.32. The molecular formula is C13H22N2O2S. The van der Waals surface area contributed by atoms with E-state index in [0.717, 1.165) is 18.5 Å². The highest BCUT2D eigenvalue weighted by molar-refractivity contribution is 7.89. The SMILES string of the molecule is CNCCCCS(=O)(=O)N(C)Cc1ccccc1. The van der Waals surface area contributed by atoms with Crippen LogP contribution in [0, 0.1) is 0 Å². The molecule has 0 spiro atoms. The van der Waals surface area contributed by atoms with Gasteiger partial charge in [-0.25, -0.2) is 12.7 Å². The zero-order valence-corrected chi connectivity index (χ0v) is 11.9. The molecule has 0 saturated heterocycles. The van der Waals surface area contributed by atoms with E-state index >= 15 is 0 Å².